The zero-order valence-corrected chi connectivity index (χ0v) is 15.9. The molecule has 0 saturated heterocycles. The molecule has 0 saturated carbocycles. The third-order valence-corrected chi connectivity index (χ3v) is 5.75. The standard InChI is InChI=1S/C22H18N3O2P/c26-28(25-24-15-18-11-13-23-14-12-18)16-21(19-7-3-1-4-8-19)27-22(17-28)20-9-5-2-6-10-20/h1-17H,(H,25,26)/b24-15+. The molecule has 5 nitrogen and oxygen atoms in total. The van der Waals surface area contributed by atoms with Crippen molar-refractivity contribution in [3.63, 3.8) is 0 Å². The number of nitrogens with one attached hydrogen (secondary N) is 1. The van der Waals surface area contributed by atoms with Crippen LogP contribution >= 0.6 is 7.29 Å². The van der Waals surface area contributed by atoms with E-state index in [1.807, 2.05) is 72.8 Å². The highest BCUT2D eigenvalue weighted by atomic mass is 31.2. The third kappa shape index (κ3) is 4.27. The first-order chi connectivity index (χ1) is 13.7. The van der Waals surface area contributed by atoms with Crippen LogP contribution in [0.3, 0.4) is 0 Å². The lowest BCUT2D eigenvalue weighted by molar-refractivity contribution is 0.468. The van der Waals surface area contributed by atoms with E-state index in [2.05, 4.69) is 15.3 Å². The van der Waals surface area contributed by atoms with Gasteiger partial charge in [-0.1, -0.05) is 60.7 Å². The van der Waals surface area contributed by atoms with Crippen LogP contribution < -0.4 is 5.20 Å². The first-order valence-corrected chi connectivity index (χ1v) is 10.6. The molecule has 0 bridgehead atoms. The molecule has 1 aliphatic heterocycles. The highest BCUT2D eigenvalue weighted by molar-refractivity contribution is 7.68. The summed E-state index contributed by atoms with van der Waals surface area (Å²) in [6, 6.07) is 22.8. The molecule has 1 aromatic heterocycles. The van der Waals surface area contributed by atoms with Crippen molar-refractivity contribution in [1.29, 1.82) is 0 Å². The topological polar surface area (TPSA) is 63.6 Å². The van der Waals surface area contributed by atoms with Crippen molar-refractivity contribution in [3.8, 4) is 0 Å². The minimum atomic E-state index is -3.11. The Hall–Kier alpha value is -3.43. The monoisotopic (exact) mass is 387 g/mol. The number of aromatic nitrogens is 1. The Labute approximate surface area is 163 Å². The molecule has 0 amide bonds. The maximum Gasteiger partial charge on any atom is 0.235 e. The van der Waals surface area contributed by atoms with E-state index in [-0.39, 0.29) is 0 Å². The molecule has 6 heteroatoms. The van der Waals surface area contributed by atoms with Crippen LogP contribution in [-0.4, -0.2) is 11.2 Å². The van der Waals surface area contributed by atoms with E-state index in [1.54, 1.807) is 30.2 Å². The smallest absolute Gasteiger partial charge is 0.235 e. The van der Waals surface area contributed by atoms with Crippen LogP contribution in [0, 0.1) is 0 Å². The van der Waals surface area contributed by atoms with Gasteiger partial charge in [0, 0.05) is 35.2 Å². The lowest BCUT2D eigenvalue weighted by Gasteiger charge is -2.22. The Kier molecular flexibility index (Phi) is 5.18. The van der Waals surface area contributed by atoms with Gasteiger partial charge in [-0.2, -0.15) is 5.10 Å². The molecular weight excluding hydrogens is 369 g/mol. The van der Waals surface area contributed by atoms with Gasteiger partial charge in [-0.15, -0.1) is 0 Å². The van der Waals surface area contributed by atoms with Crippen LogP contribution in [0.15, 0.2) is 102 Å². The molecule has 1 N–H and O–H groups in total. The SMILES string of the molecule is O=P1(N/N=C/c2ccncc2)C=C(c2ccccc2)OC(c2ccccc2)=C1. The van der Waals surface area contributed by atoms with Gasteiger partial charge in [-0.25, -0.2) is 0 Å². The number of hydrazone groups is 1. The van der Waals surface area contributed by atoms with Gasteiger partial charge in [0.15, 0.2) is 0 Å². The van der Waals surface area contributed by atoms with Crippen molar-refractivity contribution in [3.05, 3.63) is 114 Å². The molecule has 28 heavy (non-hydrogen) atoms. The van der Waals surface area contributed by atoms with Crippen LogP contribution in [-0.2, 0) is 9.30 Å². The lowest BCUT2D eigenvalue weighted by atomic mass is 10.2. The quantitative estimate of drug-likeness (QED) is 0.366. The third-order valence-electron chi connectivity index (χ3n) is 4.09. The fourth-order valence-electron chi connectivity index (χ4n) is 2.73. The van der Waals surface area contributed by atoms with Crippen molar-refractivity contribution >= 4 is 25.0 Å². The van der Waals surface area contributed by atoms with Crippen molar-refractivity contribution in [1.82, 2.24) is 10.2 Å². The minimum absolute atomic E-state index is 0.539. The summed E-state index contributed by atoms with van der Waals surface area (Å²) >= 11 is 0. The van der Waals surface area contributed by atoms with Crippen LogP contribution in [0.2, 0.25) is 0 Å². The Morgan fingerprint density at radius 3 is 1.89 bits per heavy atom. The van der Waals surface area contributed by atoms with Crippen LogP contribution in [0.5, 0.6) is 0 Å². The average molecular weight is 387 g/mol. The second kappa shape index (κ2) is 8.07. The normalized spacial score (nSPS) is 15.4. The summed E-state index contributed by atoms with van der Waals surface area (Å²) in [7, 11) is -3.11. The van der Waals surface area contributed by atoms with Crippen LogP contribution in [0.1, 0.15) is 16.7 Å². The maximum absolute atomic E-state index is 13.5. The molecule has 0 atom stereocenters. The summed E-state index contributed by atoms with van der Waals surface area (Å²) < 4.78 is 19.6. The summed E-state index contributed by atoms with van der Waals surface area (Å²) in [6.45, 7) is 0. The highest BCUT2D eigenvalue weighted by Gasteiger charge is 2.26. The molecule has 0 aliphatic carbocycles. The minimum Gasteiger partial charge on any atom is -0.456 e. The summed E-state index contributed by atoms with van der Waals surface area (Å²) in [5.41, 5.74) is 2.57. The summed E-state index contributed by atoms with van der Waals surface area (Å²) in [5.74, 6) is 4.30. The predicted octanol–water partition coefficient (Wildman–Crippen LogP) is 5.31. The number of nitrogens with zero attached hydrogens (tertiary/aromatic N) is 2. The molecule has 0 fully saturated rings. The molecule has 138 valence electrons. The fraction of sp³-hybridized carbons (Fsp3) is 0. The first-order valence-electron chi connectivity index (χ1n) is 8.76. The number of hydrogen-bond acceptors (Lipinski definition) is 4. The van der Waals surface area contributed by atoms with Crippen molar-refractivity contribution in [2.45, 2.75) is 0 Å². The molecule has 0 unspecified atom stereocenters. The molecule has 2 heterocycles. The van der Waals surface area contributed by atoms with E-state index in [1.165, 1.54) is 0 Å². The van der Waals surface area contributed by atoms with E-state index in [0.29, 0.717) is 11.5 Å². The van der Waals surface area contributed by atoms with E-state index < -0.39 is 7.29 Å². The molecule has 1 aliphatic rings. The lowest BCUT2D eigenvalue weighted by Crippen LogP contribution is -2.06. The van der Waals surface area contributed by atoms with E-state index in [0.717, 1.165) is 16.7 Å². The zero-order chi connectivity index (χ0) is 19.2. The first kappa shape index (κ1) is 18.0. The largest absolute Gasteiger partial charge is 0.456 e. The van der Waals surface area contributed by atoms with Gasteiger partial charge in [0.2, 0.25) is 7.29 Å². The predicted molar refractivity (Wildman–Crippen MR) is 112 cm³/mol. The Morgan fingerprint density at radius 2 is 1.36 bits per heavy atom. The molecule has 4 rings (SSSR count). The van der Waals surface area contributed by atoms with E-state index in [9.17, 15) is 4.57 Å². The maximum atomic E-state index is 13.5. The summed E-state index contributed by atoms with van der Waals surface area (Å²) in [6.07, 6.45) is 4.97. The molecular formula is C22H18N3O2P. The second-order valence-electron chi connectivity index (χ2n) is 6.17. The van der Waals surface area contributed by atoms with Gasteiger partial charge < -0.3 is 4.74 Å². The average Bonchev–Trinajstić information content (AvgIpc) is 2.75. The molecule has 2 aromatic carbocycles. The highest BCUT2D eigenvalue weighted by Crippen LogP contribution is 2.53. The summed E-state index contributed by atoms with van der Waals surface area (Å²) in [4.78, 5) is 3.97. The molecule has 0 spiro atoms. The number of benzene rings is 2. The van der Waals surface area contributed by atoms with Gasteiger partial charge in [0.1, 0.15) is 11.5 Å². The van der Waals surface area contributed by atoms with Crippen molar-refractivity contribution < 1.29 is 9.30 Å². The van der Waals surface area contributed by atoms with E-state index >= 15 is 0 Å². The van der Waals surface area contributed by atoms with Gasteiger partial charge >= 0.3 is 0 Å². The van der Waals surface area contributed by atoms with Gasteiger partial charge in [0.05, 0.1) is 6.21 Å². The van der Waals surface area contributed by atoms with Crippen molar-refractivity contribution in [2.24, 2.45) is 5.10 Å². The number of ether oxygens (including phenoxy) is 1. The van der Waals surface area contributed by atoms with Gasteiger partial charge in [-0.3, -0.25) is 14.7 Å². The van der Waals surface area contributed by atoms with E-state index in [4.69, 9.17) is 4.74 Å². The number of pyridine rings is 1. The molecule has 0 radical (unpaired) electrons. The summed E-state index contributed by atoms with van der Waals surface area (Å²) in [5, 5.41) is 7.00. The number of hydrogen-bond donors (Lipinski definition) is 1. The van der Waals surface area contributed by atoms with Crippen LogP contribution in [0.4, 0.5) is 0 Å². The van der Waals surface area contributed by atoms with Gasteiger partial charge in [0.25, 0.3) is 0 Å². The zero-order valence-electron chi connectivity index (χ0n) is 15.0. The van der Waals surface area contributed by atoms with Gasteiger partial charge in [-0.05, 0) is 17.7 Å². The Balaban J connectivity index is 1.67. The fourth-order valence-corrected chi connectivity index (χ4v) is 4.26. The Bertz CT molecular complexity index is 1020. The second-order valence-corrected chi connectivity index (χ2v) is 8.30. The van der Waals surface area contributed by atoms with Crippen molar-refractivity contribution in [2.75, 3.05) is 0 Å². The molecule has 3 aromatic rings. The van der Waals surface area contributed by atoms with Crippen LogP contribution in [0.25, 0.3) is 11.5 Å². The number of rotatable bonds is 5. The Morgan fingerprint density at radius 1 is 0.821 bits per heavy atom.